The lowest BCUT2D eigenvalue weighted by molar-refractivity contribution is -0.385. The minimum Gasteiger partial charge on any atom is -0.449 e. The molecule has 1 saturated heterocycles. The van der Waals surface area contributed by atoms with Crippen LogP contribution >= 0.6 is 24.0 Å². The normalized spacial score (nSPS) is 18.3. The molecule has 8 heteroatoms. The smallest absolute Gasteiger partial charge is 0.407 e. The van der Waals surface area contributed by atoms with Gasteiger partial charge in [-0.15, -0.1) is 12.4 Å². The first kappa shape index (κ1) is 14.5. The fourth-order valence-corrected chi connectivity index (χ4v) is 1.91. The third-order valence-electron chi connectivity index (χ3n) is 2.49. The number of nitro groups is 1. The van der Waals surface area contributed by atoms with E-state index in [1.807, 2.05) is 0 Å². The molecule has 0 unspecified atom stereocenters. The number of alkyl carbamates (subject to hydrolysis) is 1. The van der Waals surface area contributed by atoms with E-state index in [2.05, 4.69) is 5.32 Å². The third kappa shape index (κ3) is 3.02. The Balaban J connectivity index is 0.00000162. The standard InChI is InChI=1S/C10H9ClN2O4.ClH/c11-6-1-2-9(13(15)16)7(5-6)8-3-4-17-10(14)12-8;/h1-2,5,8H,3-4H2,(H,12,14);1H/t8-;/m1./s1. The highest BCUT2D eigenvalue weighted by atomic mass is 35.5. The summed E-state index contributed by atoms with van der Waals surface area (Å²) in [5.41, 5.74) is 0.348. The van der Waals surface area contributed by atoms with Crippen LogP contribution in [-0.4, -0.2) is 17.6 Å². The molecule has 1 N–H and O–H groups in total. The van der Waals surface area contributed by atoms with E-state index >= 15 is 0 Å². The van der Waals surface area contributed by atoms with Crippen LogP contribution in [0.15, 0.2) is 18.2 Å². The Bertz CT molecular complexity index is 481. The Labute approximate surface area is 114 Å². The van der Waals surface area contributed by atoms with Crippen LogP contribution in [0.25, 0.3) is 0 Å². The molecule has 1 aromatic rings. The van der Waals surface area contributed by atoms with Gasteiger partial charge in [-0.25, -0.2) is 4.79 Å². The van der Waals surface area contributed by atoms with Crippen LogP contribution in [-0.2, 0) is 4.74 Å². The van der Waals surface area contributed by atoms with Crippen molar-refractivity contribution in [1.29, 1.82) is 0 Å². The number of nitrogens with one attached hydrogen (secondary N) is 1. The lowest BCUT2D eigenvalue weighted by Gasteiger charge is -2.23. The zero-order valence-electron chi connectivity index (χ0n) is 9.09. The first-order chi connectivity index (χ1) is 8.08. The Morgan fingerprint density at radius 2 is 2.22 bits per heavy atom. The average molecular weight is 293 g/mol. The molecule has 0 aromatic heterocycles. The number of hydrogen-bond donors (Lipinski definition) is 1. The van der Waals surface area contributed by atoms with E-state index in [1.165, 1.54) is 18.2 Å². The molecule has 98 valence electrons. The van der Waals surface area contributed by atoms with E-state index < -0.39 is 17.1 Å². The van der Waals surface area contributed by atoms with Crippen molar-refractivity contribution in [3.8, 4) is 0 Å². The molecule has 18 heavy (non-hydrogen) atoms. The molecule has 6 nitrogen and oxygen atoms in total. The molecule has 0 saturated carbocycles. The van der Waals surface area contributed by atoms with Crippen molar-refractivity contribution in [2.75, 3.05) is 6.61 Å². The van der Waals surface area contributed by atoms with Crippen LogP contribution < -0.4 is 5.32 Å². The molecule has 2 rings (SSSR count). The summed E-state index contributed by atoms with van der Waals surface area (Å²) in [6.45, 7) is 0.236. The molecule has 1 heterocycles. The monoisotopic (exact) mass is 292 g/mol. The second kappa shape index (κ2) is 5.88. The van der Waals surface area contributed by atoms with Crippen molar-refractivity contribution in [3.63, 3.8) is 0 Å². The number of carbonyl (C=O) groups is 1. The highest BCUT2D eigenvalue weighted by molar-refractivity contribution is 6.30. The summed E-state index contributed by atoms with van der Waals surface area (Å²) in [5, 5.41) is 13.8. The van der Waals surface area contributed by atoms with E-state index in [-0.39, 0.29) is 24.7 Å². The zero-order valence-corrected chi connectivity index (χ0v) is 10.7. The maximum absolute atomic E-state index is 11.1. The van der Waals surface area contributed by atoms with Crippen molar-refractivity contribution in [1.82, 2.24) is 5.32 Å². The molecule has 1 amide bonds. The van der Waals surface area contributed by atoms with Gasteiger partial charge in [-0.1, -0.05) is 11.6 Å². The molecule has 0 bridgehead atoms. The number of hydrogen-bond acceptors (Lipinski definition) is 4. The first-order valence-electron chi connectivity index (χ1n) is 4.95. The number of nitro benzene ring substituents is 1. The zero-order chi connectivity index (χ0) is 12.4. The van der Waals surface area contributed by atoms with Gasteiger partial charge < -0.3 is 10.1 Å². The SMILES string of the molecule is Cl.O=C1N[C@@H](c2cc(Cl)ccc2[N+](=O)[O-])CCO1. The number of nitrogens with zero attached hydrogens (tertiary/aromatic N) is 1. The van der Waals surface area contributed by atoms with Crippen molar-refractivity contribution in [2.24, 2.45) is 0 Å². The number of halogens is 2. The fourth-order valence-electron chi connectivity index (χ4n) is 1.73. The van der Waals surface area contributed by atoms with Crippen LogP contribution in [0.2, 0.25) is 5.02 Å². The average Bonchev–Trinajstić information content (AvgIpc) is 2.28. The minimum absolute atomic E-state index is 0. The first-order valence-corrected chi connectivity index (χ1v) is 5.33. The van der Waals surface area contributed by atoms with Crippen molar-refractivity contribution in [3.05, 3.63) is 38.9 Å². The van der Waals surface area contributed by atoms with Crippen LogP contribution in [0.1, 0.15) is 18.0 Å². The maximum Gasteiger partial charge on any atom is 0.407 e. The Hall–Kier alpha value is -1.53. The van der Waals surface area contributed by atoms with Gasteiger partial charge in [0.15, 0.2) is 0 Å². The molecule has 1 atom stereocenters. The van der Waals surface area contributed by atoms with Gasteiger partial charge in [0.05, 0.1) is 23.1 Å². The summed E-state index contributed by atoms with van der Waals surface area (Å²) in [7, 11) is 0. The lowest BCUT2D eigenvalue weighted by Crippen LogP contribution is -2.35. The van der Waals surface area contributed by atoms with Gasteiger partial charge >= 0.3 is 6.09 Å². The molecule has 0 radical (unpaired) electrons. The van der Waals surface area contributed by atoms with Crippen LogP contribution in [0, 0.1) is 10.1 Å². The van der Waals surface area contributed by atoms with Crippen LogP contribution in [0.5, 0.6) is 0 Å². The van der Waals surface area contributed by atoms with Gasteiger partial charge in [-0.2, -0.15) is 0 Å². The lowest BCUT2D eigenvalue weighted by atomic mass is 10.0. The van der Waals surface area contributed by atoms with Crippen molar-refractivity contribution < 1.29 is 14.5 Å². The molecule has 1 aliphatic heterocycles. The molecule has 1 aromatic carbocycles. The second-order valence-corrected chi connectivity index (χ2v) is 4.02. The predicted octanol–water partition coefficient (Wildman–Crippen LogP) is 2.84. The van der Waals surface area contributed by atoms with Gasteiger partial charge in [0.1, 0.15) is 0 Å². The minimum atomic E-state index is -0.574. The number of rotatable bonds is 2. The molecule has 0 aliphatic carbocycles. The van der Waals surface area contributed by atoms with E-state index in [9.17, 15) is 14.9 Å². The molecular weight excluding hydrogens is 283 g/mol. The Morgan fingerprint density at radius 1 is 1.50 bits per heavy atom. The topological polar surface area (TPSA) is 81.5 Å². The molecule has 1 fully saturated rings. The number of benzene rings is 1. The van der Waals surface area contributed by atoms with Gasteiger partial charge in [0, 0.05) is 17.5 Å². The summed E-state index contributed by atoms with van der Waals surface area (Å²) < 4.78 is 4.71. The second-order valence-electron chi connectivity index (χ2n) is 3.58. The summed E-state index contributed by atoms with van der Waals surface area (Å²) in [5.74, 6) is 0. The molecular formula is C10H10Cl2N2O4. The number of ether oxygens (including phenoxy) is 1. The highest BCUT2D eigenvalue weighted by Crippen LogP contribution is 2.31. The highest BCUT2D eigenvalue weighted by Gasteiger charge is 2.27. The van der Waals surface area contributed by atoms with Gasteiger partial charge in [-0.3, -0.25) is 10.1 Å². The molecule has 1 aliphatic rings. The van der Waals surface area contributed by atoms with Crippen molar-refractivity contribution >= 4 is 35.8 Å². The Kier molecular flexibility index (Phi) is 4.75. The quantitative estimate of drug-likeness (QED) is 0.671. The Morgan fingerprint density at radius 3 is 2.83 bits per heavy atom. The molecule has 0 spiro atoms. The van der Waals surface area contributed by atoms with E-state index in [1.54, 1.807) is 0 Å². The maximum atomic E-state index is 11.1. The number of carbonyl (C=O) groups excluding carboxylic acids is 1. The van der Waals surface area contributed by atoms with Crippen LogP contribution in [0.4, 0.5) is 10.5 Å². The van der Waals surface area contributed by atoms with Crippen molar-refractivity contribution in [2.45, 2.75) is 12.5 Å². The van der Waals surface area contributed by atoms with Crippen LogP contribution in [0.3, 0.4) is 0 Å². The number of cyclic esters (lactones) is 1. The predicted molar refractivity (Wildman–Crippen MR) is 67.2 cm³/mol. The summed E-state index contributed by atoms with van der Waals surface area (Å²) >= 11 is 5.81. The van der Waals surface area contributed by atoms with E-state index in [4.69, 9.17) is 16.3 Å². The van der Waals surface area contributed by atoms with E-state index in [0.717, 1.165) is 0 Å². The van der Waals surface area contributed by atoms with Gasteiger partial charge in [0.25, 0.3) is 5.69 Å². The van der Waals surface area contributed by atoms with E-state index in [0.29, 0.717) is 17.0 Å². The van der Waals surface area contributed by atoms with Gasteiger partial charge in [0.2, 0.25) is 0 Å². The fraction of sp³-hybridized carbons (Fsp3) is 0.300. The third-order valence-corrected chi connectivity index (χ3v) is 2.73. The number of amides is 1. The van der Waals surface area contributed by atoms with Gasteiger partial charge in [-0.05, 0) is 12.1 Å². The largest absolute Gasteiger partial charge is 0.449 e. The summed E-state index contributed by atoms with van der Waals surface area (Å²) in [6.07, 6.45) is -0.0945. The summed E-state index contributed by atoms with van der Waals surface area (Å²) in [6, 6.07) is 3.84. The summed E-state index contributed by atoms with van der Waals surface area (Å²) in [4.78, 5) is 21.5.